The Kier molecular flexibility index (Phi) is 7.03. The molecule has 0 atom stereocenters. The number of hydrogen-bond acceptors (Lipinski definition) is 3. The summed E-state index contributed by atoms with van der Waals surface area (Å²) in [6.45, 7) is 6.53. The molecule has 0 saturated heterocycles. The molecular weight excluding hydrogens is 384 g/mol. The van der Waals surface area contributed by atoms with E-state index in [9.17, 15) is 13.2 Å². The molecule has 146 valence electrons. The first-order chi connectivity index (χ1) is 12.6. The van der Waals surface area contributed by atoms with Gasteiger partial charge in [0.25, 0.3) is 0 Å². The summed E-state index contributed by atoms with van der Waals surface area (Å²) in [6, 6.07) is 14.0. The van der Waals surface area contributed by atoms with Crippen LogP contribution in [-0.4, -0.2) is 20.9 Å². The average Bonchev–Trinajstić information content (AvgIpc) is 2.60. The Balaban J connectivity index is 1.84. The molecule has 0 spiro atoms. The molecule has 0 unspecified atom stereocenters. The zero-order chi connectivity index (χ0) is 20.1. The molecule has 0 heterocycles. The highest BCUT2D eigenvalue weighted by molar-refractivity contribution is 7.89. The third kappa shape index (κ3) is 6.34. The van der Waals surface area contributed by atoms with Gasteiger partial charge in [-0.1, -0.05) is 62.7 Å². The molecule has 7 heteroatoms. The van der Waals surface area contributed by atoms with E-state index in [2.05, 4.69) is 30.8 Å². The third-order valence-corrected chi connectivity index (χ3v) is 5.95. The Labute approximate surface area is 166 Å². The summed E-state index contributed by atoms with van der Waals surface area (Å²) in [5.41, 5.74) is 1.82. The number of benzene rings is 2. The predicted molar refractivity (Wildman–Crippen MR) is 108 cm³/mol. The summed E-state index contributed by atoms with van der Waals surface area (Å²) in [6.07, 6.45) is 0.0454. The summed E-state index contributed by atoms with van der Waals surface area (Å²) < 4.78 is 27.1. The molecule has 2 N–H and O–H groups in total. The van der Waals surface area contributed by atoms with Crippen molar-refractivity contribution in [3.8, 4) is 0 Å². The van der Waals surface area contributed by atoms with Gasteiger partial charge in [0.2, 0.25) is 15.9 Å². The number of rotatable bonds is 7. The van der Waals surface area contributed by atoms with E-state index in [-0.39, 0.29) is 29.2 Å². The normalized spacial score (nSPS) is 12.0. The van der Waals surface area contributed by atoms with Crippen LogP contribution in [0.2, 0.25) is 5.02 Å². The fourth-order valence-corrected chi connectivity index (χ4v) is 3.67. The van der Waals surface area contributed by atoms with Crippen molar-refractivity contribution in [2.75, 3.05) is 6.54 Å². The first kappa shape index (κ1) is 21.4. The zero-order valence-corrected chi connectivity index (χ0v) is 17.3. The Hall–Kier alpha value is -1.89. The molecule has 2 aromatic carbocycles. The second kappa shape index (κ2) is 8.87. The lowest BCUT2D eigenvalue weighted by molar-refractivity contribution is -0.121. The number of amides is 1. The number of nitrogens with one attached hydrogen (secondary N) is 2. The molecule has 0 fully saturated rings. The van der Waals surface area contributed by atoms with Crippen molar-refractivity contribution >= 4 is 27.5 Å². The Morgan fingerprint density at radius 1 is 1.04 bits per heavy atom. The summed E-state index contributed by atoms with van der Waals surface area (Å²) in [5.74, 6) is -0.249. The van der Waals surface area contributed by atoms with E-state index in [1.54, 1.807) is 18.2 Å². The summed E-state index contributed by atoms with van der Waals surface area (Å²) >= 11 is 6.04. The second-order valence-electron chi connectivity index (χ2n) is 7.29. The van der Waals surface area contributed by atoms with Crippen molar-refractivity contribution in [1.82, 2.24) is 10.0 Å². The van der Waals surface area contributed by atoms with Gasteiger partial charge in [-0.05, 0) is 34.7 Å². The van der Waals surface area contributed by atoms with Gasteiger partial charge in [0.05, 0.1) is 4.90 Å². The number of carbonyl (C=O) groups excluding carboxylic acids is 1. The van der Waals surface area contributed by atoms with Crippen LogP contribution in [0.15, 0.2) is 53.4 Å². The van der Waals surface area contributed by atoms with Gasteiger partial charge in [0.15, 0.2) is 0 Å². The van der Waals surface area contributed by atoms with Crippen LogP contribution in [0.3, 0.4) is 0 Å². The van der Waals surface area contributed by atoms with E-state index in [0.29, 0.717) is 11.6 Å². The molecule has 0 aliphatic heterocycles. The van der Waals surface area contributed by atoms with Gasteiger partial charge in [-0.15, -0.1) is 0 Å². The lowest BCUT2D eigenvalue weighted by Gasteiger charge is -2.19. The fourth-order valence-electron chi connectivity index (χ4n) is 2.44. The van der Waals surface area contributed by atoms with Crippen molar-refractivity contribution in [3.63, 3.8) is 0 Å². The van der Waals surface area contributed by atoms with Crippen molar-refractivity contribution in [3.05, 3.63) is 64.7 Å². The van der Waals surface area contributed by atoms with Crippen molar-refractivity contribution < 1.29 is 13.2 Å². The van der Waals surface area contributed by atoms with Crippen molar-refractivity contribution in [2.24, 2.45) is 0 Å². The van der Waals surface area contributed by atoms with Gasteiger partial charge >= 0.3 is 0 Å². The van der Waals surface area contributed by atoms with Crippen LogP contribution in [0.1, 0.15) is 38.3 Å². The standard InChI is InChI=1S/C20H25ClN2O3S/c1-20(2,3)16-8-10-17(11-9-16)27(25,26)23-13-12-19(24)22-14-15-6-4-5-7-18(15)21/h4-11,23H,12-14H2,1-3H3,(H,22,24). The minimum atomic E-state index is -3.64. The molecule has 5 nitrogen and oxygen atoms in total. The van der Waals surface area contributed by atoms with Crippen LogP contribution in [0.4, 0.5) is 0 Å². The maximum absolute atomic E-state index is 12.3. The minimum absolute atomic E-state index is 0.0255. The quantitative estimate of drug-likeness (QED) is 0.734. The van der Waals surface area contributed by atoms with Gasteiger partial charge < -0.3 is 5.32 Å². The summed E-state index contributed by atoms with van der Waals surface area (Å²) in [5, 5.41) is 3.31. The Bertz CT molecular complexity index is 888. The number of hydrogen-bond donors (Lipinski definition) is 2. The Morgan fingerprint density at radius 2 is 1.67 bits per heavy atom. The highest BCUT2D eigenvalue weighted by atomic mass is 35.5. The highest BCUT2D eigenvalue weighted by Gasteiger charge is 2.17. The predicted octanol–water partition coefficient (Wildman–Crippen LogP) is 3.62. The van der Waals surface area contributed by atoms with Crippen LogP contribution in [-0.2, 0) is 26.8 Å². The molecule has 0 aliphatic rings. The van der Waals surface area contributed by atoms with Crippen LogP contribution < -0.4 is 10.0 Å². The van der Waals surface area contributed by atoms with Gasteiger partial charge in [-0.3, -0.25) is 4.79 Å². The lowest BCUT2D eigenvalue weighted by Crippen LogP contribution is -2.30. The van der Waals surface area contributed by atoms with Crippen LogP contribution in [0.25, 0.3) is 0 Å². The van der Waals surface area contributed by atoms with Gasteiger partial charge in [0.1, 0.15) is 0 Å². The molecule has 0 radical (unpaired) electrons. The summed E-state index contributed by atoms with van der Waals surface area (Å²) in [7, 11) is -3.64. The van der Waals surface area contributed by atoms with Crippen molar-refractivity contribution in [2.45, 2.75) is 44.0 Å². The first-order valence-corrected chi connectivity index (χ1v) is 10.6. The lowest BCUT2D eigenvalue weighted by atomic mass is 9.87. The molecule has 0 aliphatic carbocycles. The van der Waals surface area contributed by atoms with E-state index < -0.39 is 10.0 Å². The van der Waals surface area contributed by atoms with Crippen LogP contribution in [0, 0.1) is 0 Å². The van der Waals surface area contributed by atoms with Crippen molar-refractivity contribution in [1.29, 1.82) is 0 Å². The molecule has 0 saturated carbocycles. The van der Waals surface area contributed by atoms with Gasteiger partial charge in [-0.2, -0.15) is 0 Å². The van der Waals surface area contributed by atoms with E-state index in [0.717, 1.165) is 11.1 Å². The largest absolute Gasteiger partial charge is 0.352 e. The molecule has 2 aromatic rings. The smallest absolute Gasteiger partial charge is 0.240 e. The SMILES string of the molecule is CC(C)(C)c1ccc(S(=O)(=O)NCCC(=O)NCc2ccccc2Cl)cc1. The maximum Gasteiger partial charge on any atom is 0.240 e. The first-order valence-electron chi connectivity index (χ1n) is 8.70. The maximum atomic E-state index is 12.3. The van der Waals surface area contributed by atoms with E-state index >= 15 is 0 Å². The number of halogens is 1. The topological polar surface area (TPSA) is 75.3 Å². The van der Waals surface area contributed by atoms with Gasteiger partial charge in [-0.25, -0.2) is 13.1 Å². The highest BCUT2D eigenvalue weighted by Crippen LogP contribution is 2.23. The Morgan fingerprint density at radius 3 is 2.26 bits per heavy atom. The second-order valence-corrected chi connectivity index (χ2v) is 9.46. The van der Waals surface area contributed by atoms with E-state index in [1.165, 1.54) is 0 Å². The molecule has 2 rings (SSSR count). The van der Waals surface area contributed by atoms with E-state index in [1.807, 2.05) is 30.3 Å². The summed E-state index contributed by atoms with van der Waals surface area (Å²) in [4.78, 5) is 12.1. The van der Waals surface area contributed by atoms with Crippen LogP contribution in [0.5, 0.6) is 0 Å². The number of carbonyl (C=O) groups is 1. The minimum Gasteiger partial charge on any atom is -0.352 e. The molecule has 0 bridgehead atoms. The molecule has 1 amide bonds. The van der Waals surface area contributed by atoms with Crippen LogP contribution >= 0.6 is 11.6 Å². The van der Waals surface area contributed by atoms with Gasteiger partial charge in [0, 0.05) is 24.5 Å². The molecular formula is C20H25ClN2O3S. The number of sulfonamides is 1. The van der Waals surface area contributed by atoms with E-state index in [4.69, 9.17) is 11.6 Å². The molecule has 27 heavy (non-hydrogen) atoms. The monoisotopic (exact) mass is 408 g/mol. The average molecular weight is 409 g/mol. The zero-order valence-electron chi connectivity index (χ0n) is 15.8. The fraction of sp³-hybridized carbons (Fsp3) is 0.350. The third-order valence-electron chi connectivity index (χ3n) is 4.11. The molecule has 0 aromatic heterocycles.